The summed E-state index contributed by atoms with van der Waals surface area (Å²) in [6.45, 7) is 2.24. The molecule has 0 aliphatic rings. The van der Waals surface area contributed by atoms with E-state index in [1.165, 1.54) is 31.4 Å². The van der Waals surface area contributed by atoms with Crippen LogP contribution in [0.3, 0.4) is 0 Å². The smallest absolute Gasteiger partial charge is 0.0645 e. The molecule has 0 saturated carbocycles. The van der Waals surface area contributed by atoms with Gasteiger partial charge in [-0.15, -0.1) is 0 Å². The average molecular weight is 228 g/mol. The van der Waals surface area contributed by atoms with Gasteiger partial charge >= 0.3 is 0 Å². The van der Waals surface area contributed by atoms with Gasteiger partial charge in [-0.05, 0) is 31.0 Å². The number of hydrogen-bond acceptors (Lipinski definition) is 1. The number of hydrogen-bond donors (Lipinski definition) is 0. The molecule has 0 aliphatic heterocycles. The van der Waals surface area contributed by atoms with Crippen molar-refractivity contribution in [1.82, 2.24) is 9.78 Å². The fourth-order valence-corrected chi connectivity index (χ4v) is 1.95. The number of nitrogens with zero attached hydrogens (tertiary/aromatic N) is 2. The molecule has 2 aromatic rings. The van der Waals surface area contributed by atoms with E-state index < -0.39 is 0 Å². The van der Waals surface area contributed by atoms with Crippen LogP contribution in [0.2, 0.25) is 0 Å². The molecule has 0 spiro atoms. The lowest BCUT2D eigenvalue weighted by molar-refractivity contribution is 0.656. The molecule has 0 unspecified atom stereocenters. The van der Waals surface area contributed by atoms with Gasteiger partial charge in [0, 0.05) is 6.20 Å². The molecular formula is C15H20N2. The van der Waals surface area contributed by atoms with E-state index in [0.29, 0.717) is 0 Å². The second-order valence-electron chi connectivity index (χ2n) is 4.40. The molecule has 0 bridgehead atoms. The summed E-state index contributed by atoms with van der Waals surface area (Å²) in [7, 11) is 0. The van der Waals surface area contributed by atoms with Gasteiger partial charge in [0.15, 0.2) is 0 Å². The van der Waals surface area contributed by atoms with Gasteiger partial charge in [0.25, 0.3) is 0 Å². The molecule has 1 heterocycles. The normalized spacial score (nSPS) is 10.6. The third-order valence-electron chi connectivity index (χ3n) is 2.95. The highest BCUT2D eigenvalue weighted by Gasteiger charge is 2.00. The van der Waals surface area contributed by atoms with Crippen LogP contribution in [0.4, 0.5) is 0 Å². The first-order valence-electron chi connectivity index (χ1n) is 6.50. The van der Waals surface area contributed by atoms with Gasteiger partial charge in [0.05, 0.1) is 11.4 Å². The number of rotatable bonds is 6. The maximum Gasteiger partial charge on any atom is 0.0645 e. The molecular weight excluding hydrogens is 208 g/mol. The van der Waals surface area contributed by atoms with Crippen LogP contribution in [-0.4, -0.2) is 9.78 Å². The minimum atomic E-state index is 1.10. The van der Waals surface area contributed by atoms with Crippen LogP contribution in [0.1, 0.15) is 38.3 Å². The second-order valence-corrected chi connectivity index (χ2v) is 4.40. The van der Waals surface area contributed by atoms with Crippen LogP contribution >= 0.6 is 0 Å². The van der Waals surface area contributed by atoms with E-state index in [1.807, 2.05) is 29.1 Å². The Morgan fingerprint density at radius 2 is 1.82 bits per heavy atom. The number of unbranched alkanes of at least 4 members (excludes halogenated alkanes) is 3. The van der Waals surface area contributed by atoms with Gasteiger partial charge < -0.3 is 0 Å². The molecule has 0 aliphatic carbocycles. The van der Waals surface area contributed by atoms with Gasteiger partial charge in [-0.1, -0.05) is 44.4 Å². The largest absolute Gasteiger partial charge is 0.241 e. The summed E-state index contributed by atoms with van der Waals surface area (Å²) in [5.41, 5.74) is 2.33. The molecule has 1 aromatic heterocycles. The Kier molecular flexibility index (Phi) is 4.37. The third kappa shape index (κ3) is 3.45. The maximum absolute atomic E-state index is 4.59. The Labute approximate surface area is 103 Å². The van der Waals surface area contributed by atoms with Crippen LogP contribution in [0.15, 0.2) is 42.6 Å². The fraction of sp³-hybridized carbons (Fsp3) is 0.400. The van der Waals surface area contributed by atoms with Crippen molar-refractivity contribution >= 4 is 0 Å². The van der Waals surface area contributed by atoms with Gasteiger partial charge in [-0.2, -0.15) is 5.10 Å². The monoisotopic (exact) mass is 228 g/mol. The first-order chi connectivity index (χ1) is 8.40. The van der Waals surface area contributed by atoms with Crippen LogP contribution < -0.4 is 0 Å². The van der Waals surface area contributed by atoms with Crippen molar-refractivity contribution in [2.75, 3.05) is 0 Å². The lowest BCUT2D eigenvalue weighted by Crippen LogP contribution is -1.95. The lowest BCUT2D eigenvalue weighted by Gasteiger charge is -2.00. The summed E-state index contributed by atoms with van der Waals surface area (Å²) in [5, 5.41) is 4.59. The predicted molar refractivity (Wildman–Crippen MR) is 71.4 cm³/mol. The minimum absolute atomic E-state index is 1.10. The van der Waals surface area contributed by atoms with Gasteiger partial charge in [0.2, 0.25) is 0 Å². The highest BCUT2D eigenvalue weighted by molar-refractivity contribution is 5.30. The average Bonchev–Trinajstić information content (AvgIpc) is 2.85. The molecule has 1 aromatic carbocycles. The molecule has 2 heteroatoms. The Hall–Kier alpha value is -1.57. The number of aromatic nitrogens is 2. The zero-order valence-corrected chi connectivity index (χ0v) is 10.5. The molecule has 0 fully saturated rings. The van der Waals surface area contributed by atoms with Crippen molar-refractivity contribution in [1.29, 1.82) is 0 Å². The lowest BCUT2D eigenvalue weighted by atomic mass is 10.1. The number of benzene rings is 1. The van der Waals surface area contributed by atoms with Crippen molar-refractivity contribution < 1.29 is 0 Å². The first kappa shape index (κ1) is 11.9. The highest BCUT2D eigenvalue weighted by Crippen LogP contribution is 2.09. The summed E-state index contributed by atoms with van der Waals surface area (Å²) >= 11 is 0. The number of aryl methyl sites for hydroxylation is 1. The predicted octanol–water partition coefficient (Wildman–Crippen LogP) is 4.00. The summed E-state index contributed by atoms with van der Waals surface area (Å²) in [5.74, 6) is 0. The van der Waals surface area contributed by atoms with E-state index in [-0.39, 0.29) is 0 Å². The van der Waals surface area contributed by atoms with E-state index in [2.05, 4.69) is 30.2 Å². The van der Waals surface area contributed by atoms with Crippen LogP contribution in [0, 0.1) is 0 Å². The second kappa shape index (κ2) is 6.24. The molecule has 0 radical (unpaired) electrons. The minimum Gasteiger partial charge on any atom is -0.241 e. The first-order valence-corrected chi connectivity index (χ1v) is 6.50. The summed E-state index contributed by atoms with van der Waals surface area (Å²) in [6.07, 6.45) is 8.33. The fourth-order valence-electron chi connectivity index (χ4n) is 1.95. The highest BCUT2D eigenvalue weighted by atomic mass is 15.3. The Morgan fingerprint density at radius 3 is 2.59 bits per heavy atom. The SMILES string of the molecule is CCCCCCc1ccn(-c2ccccc2)n1. The van der Waals surface area contributed by atoms with Crippen molar-refractivity contribution in [3.63, 3.8) is 0 Å². The standard InChI is InChI=1S/C15H20N2/c1-2-3-4-6-9-14-12-13-17(16-14)15-10-7-5-8-11-15/h5,7-8,10-13H,2-4,6,9H2,1H3. The van der Waals surface area contributed by atoms with Crippen molar-refractivity contribution in [3.05, 3.63) is 48.3 Å². The van der Waals surface area contributed by atoms with Gasteiger partial charge in [-0.3, -0.25) is 0 Å². The Morgan fingerprint density at radius 1 is 1.00 bits per heavy atom. The molecule has 0 N–H and O–H groups in total. The zero-order valence-electron chi connectivity index (χ0n) is 10.5. The molecule has 90 valence electrons. The van der Waals surface area contributed by atoms with E-state index in [4.69, 9.17) is 0 Å². The molecule has 17 heavy (non-hydrogen) atoms. The van der Waals surface area contributed by atoms with E-state index in [0.717, 1.165) is 12.1 Å². The number of para-hydroxylation sites is 1. The maximum atomic E-state index is 4.59. The molecule has 0 atom stereocenters. The van der Waals surface area contributed by atoms with Crippen molar-refractivity contribution in [2.24, 2.45) is 0 Å². The van der Waals surface area contributed by atoms with E-state index in [9.17, 15) is 0 Å². The topological polar surface area (TPSA) is 17.8 Å². The van der Waals surface area contributed by atoms with Crippen LogP contribution in [0.25, 0.3) is 5.69 Å². The molecule has 2 rings (SSSR count). The molecule has 0 amide bonds. The van der Waals surface area contributed by atoms with Crippen LogP contribution in [0.5, 0.6) is 0 Å². The van der Waals surface area contributed by atoms with Crippen molar-refractivity contribution in [2.45, 2.75) is 39.0 Å². The van der Waals surface area contributed by atoms with Crippen LogP contribution in [-0.2, 0) is 6.42 Å². The zero-order chi connectivity index (χ0) is 11.9. The summed E-state index contributed by atoms with van der Waals surface area (Å²) in [4.78, 5) is 0. The quantitative estimate of drug-likeness (QED) is 0.683. The van der Waals surface area contributed by atoms with Gasteiger partial charge in [-0.25, -0.2) is 4.68 Å². The summed E-state index contributed by atoms with van der Waals surface area (Å²) < 4.78 is 1.95. The Balaban J connectivity index is 1.92. The third-order valence-corrected chi connectivity index (χ3v) is 2.95. The summed E-state index contributed by atoms with van der Waals surface area (Å²) in [6, 6.07) is 12.4. The van der Waals surface area contributed by atoms with Gasteiger partial charge in [0.1, 0.15) is 0 Å². The molecule has 0 saturated heterocycles. The Bertz CT molecular complexity index is 431. The van der Waals surface area contributed by atoms with E-state index in [1.54, 1.807) is 0 Å². The van der Waals surface area contributed by atoms with E-state index >= 15 is 0 Å². The van der Waals surface area contributed by atoms with Crippen molar-refractivity contribution in [3.8, 4) is 5.69 Å². The molecule has 2 nitrogen and oxygen atoms in total.